The van der Waals surface area contributed by atoms with E-state index in [-0.39, 0.29) is 55.8 Å². The summed E-state index contributed by atoms with van der Waals surface area (Å²) < 4.78 is 74.7. The Morgan fingerprint density at radius 3 is 2.78 bits per heavy atom. The van der Waals surface area contributed by atoms with Crippen LogP contribution < -0.4 is 14.4 Å². The quantitative estimate of drug-likeness (QED) is 0.160. The number of aryl methyl sites for hydroxylation is 1. The van der Waals surface area contributed by atoms with Gasteiger partial charge < -0.3 is 28.6 Å². The second-order valence-electron chi connectivity index (χ2n) is 13.1. The predicted octanol–water partition coefficient (Wildman–Crippen LogP) is 5.25. The van der Waals surface area contributed by atoms with Crippen LogP contribution in [0.4, 0.5) is 19.0 Å². The maximum atomic E-state index is 17.1. The van der Waals surface area contributed by atoms with Crippen molar-refractivity contribution in [3.63, 3.8) is 0 Å². The first-order valence-electron chi connectivity index (χ1n) is 16.9. The Morgan fingerprint density at radius 1 is 1.12 bits per heavy atom. The second kappa shape index (κ2) is 14.2. The van der Waals surface area contributed by atoms with Crippen LogP contribution in [0.15, 0.2) is 30.5 Å². The van der Waals surface area contributed by atoms with Gasteiger partial charge in [0.1, 0.15) is 41.4 Å². The number of nitrogens with zero attached hydrogens (tertiary/aromatic N) is 5. The number of carbonyl (C=O) groups is 1. The van der Waals surface area contributed by atoms with Crippen molar-refractivity contribution in [3.05, 3.63) is 47.7 Å². The van der Waals surface area contributed by atoms with E-state index in [1.54, 1.807) is 18.2 Å². The number of pyridine rings is 1. The monoisotopic (exact) mass is 695 g/mol. The molecular formula is C36H40F3N5O6. The fraction of sp³-hybridized carbons (Fsp3) is 0.500. The highest BCUT2D eigenvalue weighted by Crippen LogP contribution is 2.42. The second-order valence-corrected chi connectivity index (χ2v) is 13.1. The lowest BCUT2D eigenvalue weighted by Gasteiger charge is -2.31. The number of fused-ring (bicyclic) bond motifs is 3. The van der Waals surface area contributed by atoms with Crippen molar-refractivity contribution >= 4 is 33.5 Å². The van der Waals surface area contributed by atoms with Gasteiger partial charge in [0.2, 0.25) is 0 Å². The van der Waals surface area contributed by atoms with Gasteiger partial charge in [0.05, 0.1) is 37.2 Å². The van der Waals surface area contributed by atoms with Crippen molar-refractivity contribution in [2.75, 3.05) is 71.9 Å². The molecule has 7 rings (SSSR count). The van der Waals surface area contributed by atoms with Gasteiger partial charge in [0.15, 0.2) is 12.6 Å². The van der Waals surface area contributed by atoms with Crippen LogP contribution in [-0.4, -0.2) is 105 Å². The highest BCUT2D eigenvalue weighted by atomic mass is 19.1. The average molecular weight is 696 g/mol. The van der Waals surface area contributed by atoms with Gasteiger partial charge in [-0.15, -0.1) is 0 Å². The third kappa shape index (κ3) is 6.28. The Balaban J connectivity index is 1.38. The van der Waals surface area contributed by atoms with Crippen molar-refractivity contribution < 1.29 is 41.7 Å². The van der Waals surface area contributed by atoms with Gasteiger partial charge in [-0.2, -0.15) is 9.97 Å². The summed E-state index contributed by atoms with van der Waals surface area (Å²) in [7, 11) is 2.81. The average Bonchev–Trinajstić information content (AvgIpc) is 3.53. The number of carbonyl (C=O) groups excluding carboxylic acids is 1. The Hall–Kier alpha value is -4.27. The number of anilines is 1. The largest absolute Gasteiger partial charge is 0.469 e. The first-order chi connectivity index (χ1) is 24.2. The minimum atomic E-state index is -0.957. The number of esters is 1. The minimum absolute atomic E-state index is 0.0497. The van der Waals surface area contributed by atoms with Gasteiger partial charge >= 0.3 is 12.0 Å². The summed E-state index contributed by atoms with van der Waals surface area (Å²) in [5.74, 6) is -1.56. The van der Waals surface area contributed by atoms with Crippen LogP contribution in [0.3, 0.4) is 0 Å². The van der Waals surface area contributed by atoms with Gasteiger partial charge in [0.25, 0.3) is 0 Å². The zero-order chi connectivity index (χ0) is 35.0. The summed E-state index contributed by atoms with van der Waals surface area (Å²) in [6.07, 6.45) is 2.91. The number of hydrogen-bond acceptors (Lipinski definition) is 11. The van der Waals surface area contributed by atoms with Crippen LogP contribution in [0.25, 0.3) is 32.9 Å². The molecule has 3 aliphatic rings. The Morgan fingerprint density at radius 2 is 1.98 bits per heavy atom. The topological polar surface area (TPSA) is 108 Å². The third-order valence-electron chi connectivity index (χ3n) is 10.1. The molecule has 5 heterocycles. The van der Waals surface area contributed by atoms with E-state index in [2.05, 4.69) is 14.9 Å². The highest BCUT2D eigenvalue weighted by Gasteiger charge is 2.49. The lowest BCUT2D eigenvalue weighted by molar-refractivity contribution is -0.146. The van der Waals surface area contributed by atoms with E-state index < -0.39 is 35.2 Å². The van der Waals surface area contributed by atoms with Gasteiger partial charge in [-0.25, -0.2) is 13.2 Å². The van der Waals surface area contributed by atoms with Gasteiger partial charge in [-0.1, -0.05) is 13.0 Å². The number of alkyl halides is 1. The van der Waals surface area contributed by atoms with Crippen molar-refractivity contribution in [3.8, 4) is 23.0 Å². The molecule has 50 heavy (non-hydrogen) atoms. The van der Waals surface area contributed by atoms with Crippen LogP contribution in [0, 0.1) is 17.6 Å². The molecule has 3 aliphatic heterocycles. The maximum absolute atomic E-state index is 17.1. The van der Waals surface area contributed by atoms with Crippen molar-refractivity contribution in [2.24, 2.45) is 5.92 Å². The fourth-order valence-corrected chi connectivity index (χ4v) is 7.71. The SMILES string of the molecule is CCc1c(F)ccc2cc(OCOC)cc(-c3ncc4c(N5CCOCC(C(=O)OC)C5)nc(OC[C@@]56CCCN5C[C@H](F)C6)nc4c3F)c12. The number of rotatable bonds is 10. The Kier molecular flexibility index (Phi) is 9.68. The summed E-state index contributed by atoms with van der Waals surface area (Å²) in [5, 5.41) is 1.43. The molecule has 0 amide bonds. The Bertz CT molecular complexity index is 1920. The summed E-state index contributed by atoms with van der Waals surface area (Å²) in [6.45, 7) is 4.00. The highest BCUT2D eigenvalue weighted by molar-refractivity contribution is 6.02. The predicted molar refractivity (Wildman–Crippen MR) is 179 cm³/mol. The molecule has 1 unspecified atom stereocenters. The van der Waals surface area contributed by atoms with Crippen molar-refractivity contribution in [1.29, 1.82) is 0 Å². The van der Waals surface area contributed by atoms with E-state index >= 15 is 8.78 Å². The molecular weight excluding hydrogens is 655 g/mol. The summed E-state index contributed by atoms with van der Waals surface area (Å²) in [6, 6.07) is 6.27. The van der Waals surface area contributed by atoms with Crippen LogP contribution in [0.1, 0.15) is 31.7 Å². The lowest BCUT2D eigenvalue weighted by Crippen LogP contribution is -2.43. The fourth-order valence-electron chi connectivity index (χ4n) is 7.71. The molecule has 0 N–H and O–H groups in total. The first-order valence-corrected chi connectivity index (χ1v) is 16.9. The zero-order valence-corrected chi connectivity index (χ0v) is 28.3. The number of benzene rings is 2. The molecule has 0 bridgehead atoms. The summed E-state index contributed by atoms with van der Waals surface area (Å²) >= 11 is 0. The van der Waals surface area contributed by atoms with Crippen LogP contribution in [0.5, 0.6) is 11.8 Å². The number of methoxy groups -OCH3 is 2. The molecule has 0 saturated carbocycles. The molecule has 3 atom stereocenters. The van der Waals surface area contributed by atoms with Gasteiger partial charge in [-0.3, -0.25) is 14.7 Å². The molecule has 2 aromatic carbocycles. The smallest absolute Gasteiger partial charge is 0.319 e. The molecule has 14 heteroatoms. The van der Waals surface area contributed by atoms with E-state index in [9.17, 15) is 9.18 Å². The third-order valence-corrected chi connectivity index (χ3v) is 10.1. The standard InChI is InChI=1S/C36H40F3N5O6/c1-4-25-28(38)7-6-21-12-24(50-20-46-2)13-26(29(21)25)31-30(39)32-27(15-40-31)33(43-10-11-48-18-22(16-43)34(45)47-3)42-35(41-32)49-19-36-8-5-9-44(36)17-23(37)14-36/h6-7,12-13,15,22-23H,4-5,8-11,14,16-20H2,1-3H3/t22?,23-,36+/m1/s1. The molecule has 2 aromatic heterocycles. The number of halogens is 3. The summed E-state index contributed by atoms with van der Waals surface area (Å²) in [5.41, 5.74) is 0.0992. The Labute approximate surface area is 287 Å². The minimum Gasteiger partial charge on any atom is -0.469 e. The maximum Gasteiger partial charge on any atom is 0.319 e. The first kappa shape index (κ1) is 34.2. The number of hydrogen-bond donors (Lipinski definition) is 0. The van der Waals surface area contributed by atoms with Crippen LogP contribution >= 0.6 is 0 Å². The molecule has 0 spiro atoms. The number of aromatic nitrogens is 3. The zero-order valence-electron chi connectivity index (χ0n) is 28.3. The summed E-state index contributed by atoms with van der Waals surface area (Å²) in [4.78, 5) is 30.4. The van der Waals surface area contributed by atoms with E-state index in [0.29, 0.717) is 59.4 Å². The molecule has 0 radical (unpaired) electrons. The van der Waals surface area contributed by atoms with E-state index in [1.807, 2.05) is 11.8 Å². The van der Waals surface area contributed by atoms with Gasteiger partial charge in [-0.05, 0) is 60.3 Å². The molecule has 4 aromatic rings. The van der Waals surface area contributed by atoms with Gasteiger partial charge in [0, 0.05) is 44.9 Å². The van der Waals surface area contributed by atoms with Crippen LogP contribution in [0.2, 0.25) is 0 Å². The van der Waals surface area contributed by atoms with E-state index in [1.165, 1.54) is 26.5 Å². The normalized spacial score (nSPS) is 22.6. The van der Waals surface area contributed by atoms with Crippen molar-refractivity contribution in [2.45, 2.75) is 44.3 Å². The van der Waals surface area contributed by atoms with E-state index in [4.69, 9.17) is 28.7 Å². The molecule has 0 aliphatic carbocycles. The lowest BCUT2D eigenvalue weighted by atomic mass is 9.94. The molecule has 266 valence electrons. The van der Waals surface area contributed by atoms with Crippen LogP contribution in [-0.2, 0) is 25.4 Å². The number of ether oxygens (including phenoxy) is 5. The molecule has 3 saturated heterocycles. The molecule has 3 fully saturated rings. The van der Waals surface area contributed by atoms with Crippen molar-refractivity contribution in [1.82, 2.24) is 19.9 Å². The molecule has 11 nitrogen and oxygen atoms in total. The van der Waals surface area contributed by atoms with E-state index in [0.717, 1.165) is 19.4 Å².